The molecule has 1 aromatic rings. The van der Waals surface area contributed by atoms with Crippen molar-refractivity contribution >= 4 is 21.8 Å². The molecule has 1 aromatic heterocycles. The smallest absolute Gasteiger partial charge is 0.342 e. The zero-order valence-electron chi connectivity index (χ0n) is 10.3. The molecule has 0 aliphatic heterocycles. The standard InChI is InChI=1S/C10H13BrF3N3O2/c1-3-16(4-2)6(18)5-17-8(11)7(9(19)15-17)10(12,13)14/h3-5H2,1-2H3,(H,15,19). The summed E-state index contributed by atoms with van der Waals surface area (Å²) in [5.41, 5.74) is -2.61. The highest BCUT2D eigenvalue weighted by Crippen LogP contribution is 2.31. The van der Waals surface area contributed by atoms with Crippen LogP contribution in [0.5, 0.6) is 0 Å². The molecule has 5 nitrogen and oxygen atoms in total. The second-order valence-corrected chi connectivity index (χ2v) is 4.51. The molecule has 0 unspecified atom stereocenters. The highest BCUT2D eigenvalue weighted by Gasteiger charge is 2.39. The molecule has 1 N–H and O–H groups in total. The van der Waals surface area contributed by atoms with Crippen molar-refractivity contribution in [2.45, 2.75) is 26.6 Å². The number of aromatic amines is 1. The molecule has 9 heteroatoms. The van der Waals surface area contributed by atoms with Crippen molar-refractivity contribution in [2.24, 2.45) is 0 Å². The third kappa shape index (κ3) is 3.40. The van der Waals surface area contributed by atoms with E-state index < -0.39 is 21.9 Å². The number of aromatic nitrogens is 2. The molecule has 0 spiro atoms. The molecule has 1 heterocycles. The first-order chi connectivity index (χ1) is 8.72. The maximum absolute atomic E-state index is 12.6. The van der Waals surface area contributed by atoms with Crippen LogP contribution in [-0.2, 0) is 17.5 Å². The molecule has 0 fully saturated rings. The molecule has 1 rings (SSSR count). The fourth-order valence-corrected chi connectivity index (χ4v) is 2.24. The lowest BCUT2D eigenvalue weighted by Crippen LogP contribution is -2.34. The van der Waals surface area contributed by atoms with Crippen molar-refractivity contribution in [3.63, 3.8) is 0 Å². The van der Waals surface area contributed by atoms with Gasteiger partial charge in [0.1, 0.15) is 11.1 Å². The predicted molar refractivity (Wildman–Crippen MR) is 65.7 cm³/mol. The summed E-state index contributed by atoms with van der Waals surface area (Å²) in [7, 11) is 0. The Bertz CT molecular complexity index is 517. The minimum atomic E-state index is -4.77. The van der Waals surface area contributed by atoms with Crippen LogP contribution in [0.15, 0.2) is 9.40 Å². The maximum atomic E-state index is 12.6. The topological polar surface area (TPSA) is 58.1 Å². The van der Waals surface area contributed by atoms with Gasteiger partial charge in [0.2, 0.25) is 5.91 Å². The van der Waals surface area contributed by atoms with Crippen molar-refractivity contribution in [1.82, 2.24) is 14.7 Å². The van der Waals surface area contributed by atoms with Crippen LogP contribution in [0, 0.1) is 0 Å². The van der Waals surface area contributed by atoms with E-state index in [1.165, 1.54) is 4.90 Å². The molecule has 108 valence electrons. The molecular weight excluding hydrogens is 331 g/mol. The lowest BCUT2D eigenvalue weighted by molar-refractivity contribution is -0.139. The maximum Gasteiger partial charge on any atom is 0.424 e. The van der Waals surface area contributed by atoms with Gasteiger partial charge in [-0.05, 0) is 29.8 Å². The van der Waals surface area contributed by atoms with Gasteiger partial charge in [0.25, 0.3) is 5.56 Å². The van der Waals surface area contributed by atoms with Gasteiger partial charge in [0, 0.05) is 13.1 Å². The van der Waals surface area contributed by atoms with E-state index in [-0.39, 0.29) is 12.5 Å². The van der Waals surface area contributed by atoms with E-state index in [0.717, 1.165) is 4.68 Å². The molecule has 0 aromatic carbocycles. The zero-order chi connectivity index (χ0) is 14.8. The molecule has 0 saturated heterocycles. The summed E-state index contributed by atoms with van der Waals surface area (Å²) in [5.74, 6) is -0.370. The third-order valence-electron chi connectivity index (χ3n) is 2.60. The Morgan fingerprint density at radius 2 is 1.89 bits per heavy atom. The number of carbonyl (C=O) groups excluding carboxylic acids is 1. The quantitative estimate of drug-likeness (QED) is 0.906. The summed E-state index contributed by atoms with van der Waals surface area (Å²) < 4.78 is 38.2. The fourth-order valence-electron chi connectivity index (χ4n) is 1.62. The SMILES string of the molecule is CCN(CC)C(=O)Cn1[nH]c(=O)c(C(F)(F)F)c1Br. The Labute approximate surface area is 115 Å². The van der Waals surface area contributed by atoms with Crippen LogP contribution < -0.4 is 5.56 Å². The van der Waals surface area contributed by atoms with Crippen molar-refractivity contribution in [2.75, 3.05) is 13.1 Å². The van der Waals surface area contributed by atoms with Gasteiger partial charge in [-0.1, -0.05) is 0 Å². The monoisotopic (exact) mass is 343 g/mol. The lowest BCUT2D eigenvalue weighted by atomic mass is 10.3. The van der Waals surface area contributed by atoms with Crippen LogP contribution in [0.2, 0.25) is 0 Å². The second-order valence-electron chi connectivity index (χ2n) is 3.76. The number of likely N-dealkylation sites (N-methyl/N-ethyl adjacent to an activating group) is 1. The number of nitrogens with zero attached hydrogens (tertiary/aromatic N) is 2. The van der Waals surface area contributed by atoms with Crippen molar-refractivity contribution < 1.29 is 18.0 Å². The summed E-state index contributed by atoms with van der Waals surface area (Å²) in [4.78, 5) is 24.5. The average molecular weight is 344 g/mol. The molecule has 0 aliphatic rings. The summed E-state index contributed by atoms with van der Waals surface area (Å²) in [6.07, 6.45) is -4.77. The first kappa shape index (κ1) is 15.8. The van der Waals surface area contributed by atoms with Crippen molar-refractivity contribution in [1.29, 1.82) is 0 Å². The van der Waals surface area contributed by atoms with E-state index in [4.69, 9.17) is 0 Å². The molecule has 0 bridgehead atoms. The molecule has 0 atom stereocenters. The van der Waals surface area contributed by atoms with Gasteiger partial charge in [-0.15, -0.1) is 0 Å². The van der Waals surface area contributed by atoms with Crippen LogP contribution in [0.4, 0.5) is 13.2 Å². The molecule has 0 saturated carbocycles. The second kappa shape index (κ2) is 5.81. The predicted octanol–water partition coefficient (Wildman–Crippen LogP) is 1.83. The Kier molecular flexibility index (Phi) is 4.83. The number of halogens is 4. The summed E-state index contributed by atoms with van der Waals surface area (Å²) in [5, 5.41) is 2.00. The number of nitrogens with one attached hydrogen (secondary N) is 1. The minimum Gasteiger partial charge on any atom is -0.342 e. The lowest BCUT2D eigenvalue weighted by Gasteiger charge is -2.18. The van der Waals surface area contributed by atoms with E-state index in [2.05, 4.69) is 15.9 Å². The van der Waals surface area contributed by atoms with Crippen molar-refractivity contribution in [3.8, 4) is 0 Å². The van der Waals surface area contributed by atoms with Gasteiger partial charge in [-0.25, -0.2) is 0 Å². The van der Waals surface area contributed by atoms with E-state index in [9.17, 15) is 22.8 Å². The van der Waals surface area contributed by atoms with E-state index in [0.29, 0.717) is 13.1 Å². The van der Waals surface area contributed by atoms with E-state index in [1.807, 2.05) is 5.10 Å². The zero-order valence-corrected chi connectivity index (χ0v) is 11.9. The molecule has 1 amide bonds. The van der Waals surface area contributed by atoms with Crippen LogP contribution in [0.25, 0.3) is 0 Å². The Balaban J connectivity index is 3.05. The summed E-state index contributed by atoms with van der Waals surface area (Å²) >= 11 is 2.70. The number of carbonyl (C=O) groups is 1. The van der Waals surface area contributed by atoms with Gasteiger partial charge in [-0.3, -0.25) is 19.4 Å². The molecule has 19 heavy (non-hydrogen) atoms. The van der Waals surface area contributed by atoms with Crippen molar-refractivity contribution in [3.05, 3.63) is 20.5 Å². The number of hydrogen-bond donors (Lipinski definition) is 1. The minimum absolute atomic E-state index is 0.354. The van der Waals surface area contributed by atoms with Crippen LogP contribution >= 0.6 is 15.9 Å². The first-order valence-corrected chi connectivity index (χ1v) is 6.34. The summed E-state index contributed by atoms with van der Waals surface area (Å²) in [6.45, 7) is 4.06. The average Bonchev–Trinajstić information content (AvgIpc) is 2.54. The normalized spacial score (nSPS) is 11.7. The highest BCUT2D eigenvalue weighted by molar-refractivity contribution is 9.10. The van der Waals surface area contributed by atoms with Crippen LogP contribution in [-0.4, -0.2) is 33.7 Å². The number of alkyl halides is 3. The van der Waals surface area contributed by atoms with Gasteiger partial charge in [0.15, 0.2) is 5.56 Å². The Morgan fingerprint density at radius 3 is 2.26 bits per heavy atom. The highest BCUT2D eigenvalue weighted by atomic mass is 79.9. The number of amides is 1. The molecule has 0 radical (unpaired) electrons. The number of hydrogen-bond acceptors (Lipinski definition) is 2. The van der Waals surface area contributed by atoms with Gasteiger partial charge in [-0.2, -0.15) is 13.2 Å². The van der Waals surface area contributed by atoms with Crippen LogP contribution in [0.1, 0.15) is 19.4 Å². The fraction of sp³-hybridized carbons (Fsp3) is 0.600. The van der Waals surface area contributed by atoms with E-state index in [1.54, 1.807) is 13.8 Å². The number of H-pyrrole nitrogens is 1. The Morgan fingerprint density at radius 1 is 1.37 bits per heavy atom. The van der Waals surface area contributed by atoms with Crippen LogP contribution in [0.3, 0.4) is 0 Å². The van der Waals surface area contributed by atoms with Gasteiger partial charge in [0.05, 0.1) is 0 Å². The molecular formula is C10H13BrF3N3O2. The number of rotatable bonds is 4. The third-order valence-corrected chi connectivity index (χ3v) is 3.42. The van der Waals surface area contributed by atoms with Gasteiger partial charge >= 0.3 is 6.18 Å². The summed E-state index contributed by atoms with van der Waals surface area (Å²) in [6, 6.07) is 0. The van der Waals surface area contributed by atoms with Gasteiger partial charge < -0.3 is 4.90 Å². The first-order valence-electron chi connectivity index (χ1n) is 5.55. The largest absolute Gasteiger partial charge is 0.424 e. The molecule has 0 aliphatic carbocycles. The van der Waals surface area contributed by atoms with E-state index >= 15 is 0 Å². The Hall–Kier alpha value is -1.25.